The van der Waals surface area contributed by atoms with E-state index in [9.17, 15) is 9.18 Å². The Bertz CT molecular complexity index is 897. The molecule has 0 radical (unpaired) electrons. The summed E-state index contributed by atoms with van der Waals surface area (Å²) in [6, 6.07) is 12.8. The Hall–Kier alpha value is -2.96. The van der Waals surface area contributed by atoms with Gasteiger partial charge < -0.3 is 24.4 Å². The number of ether oxygens (including phenoxy) is 2. The largest absolute Gasteiger partial charge is 0.497 e. The summed E-state index contributed by atoms with van der Waals surface area (Å²) in [6.45, 7) is 2.33. The number of hydrogen-bond donors (Lipinski definition) is 1. The molecule has 31 heavy (non-hydrogen) atoms. The Kier molecular flexibility index (Phi) is 6.49. The highest BCUT2D eigenvalue weighted by molar-refractivity contribution is 5.69. The molecule has 2 aliphatic heterocycles. The van der Waals surface area contributed by atoms with Crippen LogP contribution in [0.3, 0.4) is 0 Å². The monoisotopic (exact) mass is 428 g/mol. The number of piperidine rings is 1. The highest BCUT2D eigenvalue weighted by Crippen LogP contribution is 2.31. The minimum absolute atomic E-state index is 0.0607. The quantitative estimate of drug-likeness (QED) is 0.709. The lowest BCUT2D eigenvalue weighted by atomic mass is 10.1. The number of nitrogens with zero attached hydrogens (tertiary/aromatic N) is 2. The molecule has 0 amide bonds. The number of anilines is 2. The number of halogens is 1. The first-order valence-electron chi connectivity index (χ1n) is 10.9. The maximum Gasteiger partial charge on any atom is 0.305 e. The third-order valence-electron chi connectivity index (χ3n) is 6.19. The van der Waals surface area contributed by atoms with Crippen molar-refractivity contribution in [1.29, 1.82) is 0 Å². The van der Waals surface area contributed by atoms with Gasteiger partial charge in [0, 0.05) is 50.3 Å². The lowest BCUT2D eigenvalue weighted by Gasteiger charge is -2.34. The molecule has 7 heteroatoms. The second-order valence-electron chi connectivity index (χ2n) is 8.20. The average molecular weight is 429 g/mol. The van der Waals surface area contributed by atoms with Crippen LogP contribution in [0.4, 0.5) is 15.8 Å². The van der Waals surface area contributed by atoms with Crippen LogP contribution in [0, 0.1) is 5.82 Å². The van der Waals surface area contributed by atoms with Crippen LogP contribution in [0.25, 0.3) is 0 Å². The van der Waals surface area contributed by atoms with Crippen LogP contribution in [-0.4, -0.2) is 50.0 Å². The molecule has 166 valence electrons. The summed E-state index contributed by atoms with van der Waals surface area (Å²) in [4.78, 5) is 15.3. The van der Waals surface area contributed by atoms with E-state index < -0.39 is 5.97 Å². The van der Waals surface area contributed by atoms with E-state index in [2.05, 4.69) is 4.90 Å². The molecule has 0 saturated carbocycles. The van der Waals surface area contributed by atoms with Gasteiger partial charge in [-0.05, 0) is 49.2 Å². The summed E-state index contributed by atoms with van der Waals surface area (Å²) < 4.78 is 25.6. The number of carboxylic acids is 1. The molecule has 2 fully saturated rings. The van der Waals surface area contributed by atoms with Crippen molar-refractivity contribution < 1.29 is 23.8 Å². The van der Waals surface area contributed by atoms with Gasteiger partial charge in [-0.25, -0.2) is 4.39 Å². The van der Waals surface area contributed by atoms with E-state index in [4.69, 9.17) is 14.6 Å². The number of aliphatic carboxylic acids is 1. The van der Waals surface area contributed by atoms with E-state index in [-0.39, 0.29) is 24.4 Å². The van der Waals surface area contributed by atoms with Crippen molar-refractivity contribution >= 4 is 17.3 Å². The van der Waals surface area contributed by atoms with Crippen molar-refractivity contribution in [1.82, 2.24) is 0 Å². The van der Waals surface area contributed by atoms with Crippen molar-refractivity contribution in [2.45, 2.75) is 44.2 Å². The molecule has 0 unspecified atom stereocenters. The molecule has 0 bridgehead atoms. The van der Waals surface area contributed by atoms with Crippen LogP contribution in [-0.2, 0) is 4.79 Å². The summed E-state index contributed by atoms with van der Waals surface area (Å²) in [7, 11) is 1.58. The van der Waals surface area contributed by atoms with Gasteiger partial charge in [-0.3, -0.25) is 4.79 Å². The molecule has 0 aliphatic carbocycles. The van der Waals surface area contributed by atoms with Gasteiger partial charge in [0.1, 0.15) is 23.4 Å². The maximum atomic E-state index is 14.2. The molecule has 0 spiro atoms. The van der Waals surface area contributed by atoms with Crippen LogP contribution in [0.15, 0.2) is 42.5 Å². The van der Waals surface area contributed by atoms with Crippen molar-refractivity contribution in [3.8, 4) is 11.5 Å². The van der Waals surface area contributed by atoms with E-state index >= 15 is 0 Å². The van der Waals surface area contributed by atoms with Crippen LogP contribution in [0.2, 0.25) is 0 Å². The highest BCUT2D eigenvalue weighted by Gasteiger charge is 2.27. The summed E-state index contributed by atoms with van der Waals surface area (Å²) >= 11 is 0. The molecule has 2 aliphatic rings. The fourth-order valence-corrected chi connectivity index (χ4v) is 4.57. The van der Waals surface area contributed by atoms with Gasteiger partial charge in [0.25, 0.3) is 0 Å². The van der Waals surface area contributed by atoms with Gasteiger partial charge in [0.05, 0.1) is 19.2 Å². The Balaban J connectivity index is 1.32. The van der Waals surface area contributed by atoms with Crippen LogP contribution in [0.1, 0.15) is 32.1 Å². The number of carbonyl (C=O) groups is 1. The van der Waals surface area contributed by atoms with Gasteiger partial charge >= 0.3 is 5.97 Å². The first-order chi connectivity index (χ1) is 15.0. The number of rotatable bonds is 7. The van der Waals surface area contributed by atoms with Gasteiger partial charge in [-0.1, -0.05) is 0 Å². The number of hydrogen-bond acceptors (Lipinski definition) is 5. The minimum Gasteiger partial charge on any atom is -0.497 e. The molecule has 0 aromatic heterocycles. The third kappa shape index (κ3) is 5.03. The molecular weight excluding hydrogens is 399 g/mol. The normalized spacial score (nSPS) is 19.5. The molecular formula is C24H29FN2O4. The van der Waals surface area contributed by atoms with E-state index in [1.165, 1.54) is 6.07 Å². The first kappa shape index (κ1) is 21.3. The molecule has 4 rings (SSSR count). The van der Waals surface area contributed by atoms with Gasteiger partial charge in [0.2, 0.25) is 0 Å². The molecule has 1 atom stereocenters. The predicted molar refractivity (Wildman–Crippen MR) is 118 cm³/mol. The summed E-state index contributed by atoms with van der Waals surface area (Å²) in [5.41, 5.74) is 1.61. The highest BCUT2D eigenvalue weighted by atomic mass is 19.1. The lowest BCUT2D eigenvalue weighted by molar-refractivity contribution is -0.137. The molecule has 2 aromatic carbocycles. The molecule has 2 heterocycles. The fraction of sp³-hybridized carbons (Fsp3) is 0.458. The van der Waals surface area contributed by atoms with E-state index in [1.807, 2.05) is 29.2 Å². The van der Waals surface area contributed by atoms with Crippen LogP contribution in [0.5, 0.6) is 11.5 Å². The zero-order chi connectivity index (χ0) is 21.8. The molecule has 2 saturated heterocycles. The summed E-state index contributed by atoms with van der Waals surface area (Å²) in [6.07, 6.45) is 3.81. The molecule has 1 N–H and O–H groups in total. The zero-order valence-corrected chi connectivity index (χ0v) is 17.8. The van der Waals surface area contributed by atoms with Gasteiger partial charge in [-0.15, -0.1) is 0 Å². The first-order valence-corrected chi connectivity index (χ1v) is 10.9. The number of methoxy groups -OCH3 is 1. The van der Waals surface area contributed by atoms with Crippen molar-refractivity contribution in [2.24, 2.45) is 0 Å². The third-order valence-corrected chi connectivity index (χ3v) is 6.19. The molecule has 6 nitrogen and oxygen atoms in total. The number of benzene rings is 2. The Morgan fingerprint density at radius 1 is 1.06 bits per heavy atom. The summed E-state index contributed by atoms with van der Waals surface area (Å²) in [5.74, 6) is 0.470. The van der Waals surface area contributed by atoms with Crippen molar-refractivity contribution in [3.05, 3.63) is 48.3 Å². The van der Waals surface area contributed by atoms with Gasteiger partial charge in [-0.2, -0.15) is 0 Å². The maximum absolute atomic E-state index is 14.2. The van der Waals surface area contributed by atoms with Crippen molar-refractivity contribution in [2.75, 3.05) is 36.5 Å². The topological polar surface area (TPSA) is 62.2 Å². The van der Waals surface area contributed by atoms with E-state index in [1.54, 1.807) is 19.2 Å². The lowest BCUT2D eigenvalue weighted by Crippen LogP contribution is -2.38. The van der Waals surface area contributed by atoms with Gasteiger partial charge in [0.15, 0.2) is 0 Å². The predicted octanol–water partition coefficient (Wildman–Crippen LogP) is 4.33. The van der Waals surface area contributed by atoms with E-state index in [0.29, 0.717) is 11.4 Å². The van der Waals surface area contributed by atoms with Crippen LogP contribution >= 0.6 is 0 Å². The average Bonchev–Trinajstić information content (AvgIpc) is 3.23. The Labute approximate surface area is 182 Å². The van der Waals surface area contributed by atoms with Crippen molar-refractivity contribution in [3.63, 3.8) is 0 Å². The smallest absolute Gasteiger partial charge is 0.305 e. The minimum atomic E-state index is -0.753. The molecule has 2 aromatic rings. The SMILES string of the molecule is COc1ccc(F)c(N2CCC(Oc3ccc(N4CCC[C@@H]4CC(=O)O)cc3)CC2)c1. The Morgan fingerprint density at radius 3 is 2.45 bits per heavy atom. The van der Waals surface area contributed by atoms with Crippen LogP contribution < -0.4 is 19.3 Å². The second kappa shape index (κ2) is 9.45. The van der Waals surface area contributed by atoms with E-state index in [0.717, 1.165) is 56.8 Å². The second-order valence-corrected chi connectivity index (χ2v) is 8.20. The Morgan fingerprint density at radius 2 is 1.77 bits per heavy atom. The standard InChI is InChI=1S/C24H29FN2O4/c1-30-21-8-9-22(25)23(16-21)26-13-10-20(11-14-26)31-19-6-4-17(5-7-19)27-12-2-3-18(27)15-24(28)29/h4-9,16,18,20H,2-3,10-15H2,1H3,(H,28,29)/t18-/m1/s1. The fourth-order valence-electron chi connectivity index (χ4n) is 4.57. The number of carboxylic acid groups (broad SMARTS) is 1. The zero-order valence-electron chi connectivity index (χ0n) is 17.8. The summed E-state index contributed by atoms with van der Waals surface area (Å²) in [5, 5.41) is 9.12.